The molecule has 0 saturated carbocycles. The van der Waals surface area contributed by atoms with Crippen molar-refractivity contribution in [2.24, 2.45) is 5.92 Å². The van der Waals surface area contributed by atoms with Gasteiger partial charge in [-0.1, -0.05) is 52.9 Å². The summed E-state index contributed by atoms with van der Waals surface area (Å²) >= 11 is 0. The van der Waals surface area contributed by atoms with Gasteiger partial charge in [0.05, 0.1) is 0 Å². The van der Waals surface area contributed by atoms with E-state index >= 15 is 0 Å². The molecule has 2 atom stereocenters. The van der Waals surface area contributed by atoms with E-state index in [2.05, 4.69) is 20.8 Å². The Hall–Kier alpha value is -1.25. The van der Waals surface area contributed by atoms with Gasteiger partial charge in [0.25, 0.3) is 5.56 Å². The quantitative estimate of drug-likeness (QED) is 0.710. The minimum Gasteiger partial charge on any atom is -0.494 e. The van der Waals surface area contributed by atoms with Gasteiger partial charge in [0.2, 0.25) is 0 Å². The number of pyridine rings is 1. The maximum Gasteiger partial charge on any atom is 0.253 e. The first-order valence-electron chi connectivity index (χ1n) is 8.45. The van der Waals surface area contributed by atoms with Crippen molar-refractivity contribution in [3.8, 4) is 5.88 Å². The van der Waals surface area contributed by atoms with Crippen LogP contribution in [-0.2, 0) is 0 Å². The van der Waals surface area contributed by atoms with Gasteiger partial charge in [0.15, 0.2) is 5.88 Å². The topological polar surface area (TPSA) is 42.2 Å². The molecule has 21 heavy (non-hydrogen) atoms. The Balaban J connectivity index is 2.93. The highest BCUT2D eigenvalue weighted by molar-refractivity contribution is 5.20. The third-order valence-electron chi connectivity index (χ3n) is 4.30. The lowest BCUT2D eigenvalue weighted by molar-refractivity contribution is 0.287. The van der Waals surface area contributed by atoms with E-state index in [1.165, 1.54) is 32.1 Å². The summed E-state index contributed by atoms with van der Waals surface area (Å²) in [6.07, 6.45) is 7.94. The minimum absolute atomic E-state index is 0.0786. The molecule has 1 heterocycles. The Bertz CT molecular complexity index is 479. The first-order chi connectivity index (χ1) is 10.0. The van der Waals surface area contributed by atoms with Crippen LogP contribution in [0.1, 0.15) is 77.3 Å². The molecule has 0 saturated heterocycles. The van der Waals surface area contributed by atoms with E-state index in [-0.39, 0.29) is 17.5 Å². The second-order valence-corrected chi connectivity index (χ2v) is 6.19. The maximum atomic E-state index is 12.2. The van der Waals surface area contributed by atoms with Crippen LogP contribution in [-0.4, -0.2) is 9.67 Å². The molecule has 1 aromatic rings. The number of nitrogens with zero attached hydrogens (tertiary/aromatic N) is 1. The summed E-state index contributed by atoms with van der Waals surface area (Å²) < 4.78 is 1.58. The predicted molar refractivity (Wildman–Crippen MR) is 89.0 cm³/mol. The van der Waals surface area contributed by atoms with Crippen LogP contribution in [0.3, 0.4) is 0 Å². The Morgan fingerprint density at radius 1 is 1.14 bits per heavy atom. The van der Waals surface area contributed by atoms with Crippen molar-refractivity contribution in [1.82, 2.24) is 4.57 Å². The van der Waals surface area contributed by atoms with Gasteiger partial charge >= 0.3 is 0 Å². The predicted octanol–water partition coefficient (Wildman–Crippen LogP) is 4.81. The fraction of sp³-hybridized carbons (Fsp3) is 0.722. The molecule has 0 aliphatic rings. The van der Waals surface area contributed by atoms with Crippen LogP contribution in [0.25, 0.3) is 0 Å². The summed E-state index contributed by atoms with van der Waals surface area (Å²) in [7, 11) is 0. The first kappa shape index (κ1) is 17.8. The van der Waals surface area contributed by atoms with E-state index in [4.69, 9.17) is 0 Å². The van der Waals surface area contributed by atoms with Crippen molar-refractivity contribution in [2.75, 3.05) is 0 Å². The molecule has 3 nitrogen and oxygen atoms in total. The average molecular weight is 293 g/mol. The second kappa shape index (κ2) is 8.91. The zero-order valence-corrected chi connectivity index (χ0v) is 14.1. The number of rotatable bonds is 9. The molecule has 0 aliphatic heterocycles. The number of unbranched alkanes of at least 4 members (excludes halogenated alkanes) is 1. The third kappa shape index (κ3) is 5.22. The summed E-state index contributed by atoms with van der Waals surface area (Å²) in [6.45, 7) is 8.37. The van der Waals surface area contributed by atoms with Crippen molar-refractivity contribution in [1.29, 1.82) is 0 Å². The van der Waals surface area contributed by atoms with E-state index in [1.807, 2.05) is 6.92 Å². The lowest BCUT2D eigenvalue weighted by Crippen LogP contribution is -2.26. The fourth-order valence-electron chi connectivity index (χ4n) is 3.18. The molecule has 0 spiro atoms. The lowest BCUT2D eigenvalue weighted by atomic mass is 9.89. The van der Waals surface area contributed by atoms with Crippen molar-refractivity contribution < 1.29 is 5.11 Å². The van der Waals surface area contributed by atoms with Crippen LogP contribution >= 0.6 is 0 Å². The molecule has 2 unspecified atom stereocenters. The van der Waals surface area contributed by atoms with Crippen molar-refractivity contribution in [3.05, 3.63) is 28.0 Å². The second-order valence-electron chi connectivity index (χ2n) is 6.19. The first-order valence-corrected chi connectivity index (χ1v) is 8.45. The molecule has 120 valence electrons. The van der Waals surface area contributed by atoms with Crippen LogP contribution < -0.4 is 5.56 Å². The van der Waals surface area contributed by atoms with Crippen LogP contribution in [0.15, 0.2) is 16.9 Å². The van der Waals surface area contributed by atoms with E-state index in [1.54, 1.807) is 16.7 Å². The average Bonchev–Trinajstić information content (AvgIpc) is 2.42. The molecule has 0 radical (unpaired) electrons. The molecule has 0 fully saturated rings. The Kier molecular flexibility index (Phi) is 7.55. The van der Waals surface area contributed by atoms with Gasteiger partial charge in [0, 0.05) is 18.2 Å². The van der Waals surface area contributed by atoms with Crippen molar-refractivity contribution in [3.63, 3.8) is 0 Å². The smallest absolute Gasteiger partial charge is 0.253 e. The van der Waals surface area contributed by atoms with E-state index in [9.17, 15) is 9.90 Å². The number of aryl methyl sites for hydroxylation is 1. The molecule has 1 N–H and O–H groups in total. The number of aromatic hydroxyl groups is 1. The third-order valence-corrected chi connectivity index (χ3v) is 4.30. The Morgan fingerprint density at radius 2 is 1.86 bits per heavy atom. The highest BCUT2D eigenvalue weighted by Crippen LogP contribution is 2.29. The SMILES string of the molecule is CCCCC(CCC)CC(CC)n1c(O)cc(C)cc1=O. The van der Waals surface area contributed by atoms with Gasteiger partial charge in [-0.05, 0) is 31.2 Å². The molecule has 1 aromatic heterocycles. The Labute approximate surface area is 129 Å². The summed E-state index contributed by atoms with van der Waals surface area (Å²) in [5.41, 5.74) is 0.741. The standard InChI is InChI=1S/C18H31NO2/c1-5-8-10-15(9-6-2)13-16(7-3)19-17(20)11-14(4)12-18(19)21/h11-12,15-16,20H,5-10,13H2,1-4H3. The van der Waals surface area contributed by atoms with Crippen LogP contribution in [0.4, 0.5) is 0 Å². The molecule has 0 amide bonds. The van der Waals surface area contributed by atoms with Gasteiger partial charge in [-0.3, -0.25) is 9.36 Å². The maximum absolute atomic E-state index is 12.2. The number of aromatic nitrogens is 1. The highest BCUT2D eigenvalue weighted by Gasteiger charge is 2.19. The molecular weight excluding hydrogens is 262 g/mol. The zero-order chi connectivity index (χ0) is 15.8. The minimum atomic E-state index is -0.0786. The molecule has 1 rings (SSSR count). The molecule has 3 heteroatoms. The van der Waals surface area contributed by atoms with Crippen LogP contribution in [0, 0.1) is 12.8 Å². The number of hydrogen-bond donors (Lipinski definition) is 1. The summed E-state index contributed by atoms with van der Waals surface area (Å²) in [5, 5.41) is 10.2. The largest absolute Gasteiger partial charge is 0.494 e. The molecule has 0 bridgehead atoms. The summed E-state index contributed by atoms with van der Waals surface area (Å²) in [6, 6.07) is 3.40. The fourth-order valence-corrected chi connectivity index (χ4v) is 3.18. The monoisotopic (exact) mass is 293 g/mol. The van der Waals surface area contributed by atoms with Crippen LogP contribution in [0.5, 0.6) is 5.88 Å². The molecular formula is C18H31NO2. The summed E-state index contributed by atoms with van der Waals surface area (Å²) in [5.74, 6) is 0.755. The highest BCUT2D eigenvalue weighted by atomic mass is 16.3. The van der Waals surface area contributed by atoms with Crippen molar-refractivity contribution >= 4 is 0 Å². The van der Waals surface area contributed by atoms with Gasteiger partial charge in [-0.2, -0.15) is 0 Å². The van der Waals surface area contributed by atoms with Gasteiger partial charge in [-0.25, -0.2) is 0 Å². The van der Waals surface area contributed by atoms with Crippen molar-refractivity contribution in [2.45, 2.75) is 78.7 Å². The molecule has 0 aromatic carbocycles. The van der Waals surface area contributed by atoms with Gasteiger partial charge in [-0.15, -0.1) is 0 Å². The van der Waals surface area contributed by atoms with Crippen LogP contribution in [0.2, 0.25) is 0 Å². The zero-order valence-electron chi connectivity index (χ0n) is 14.1. The Morgan fingerprint density at radius 3 is 2.38 bits per heavy atom. The summed E-state index contributed by atoms with van der Waals surface area (Å²) in [4.78, 5) is 12.2. The van der Waals surface area contributed by atoms with E-state index in [0.29, 0.717) is 5.92 Å². The lowest BCUT2D eigenvalue weighted by Gasteiger charge is -2.25. The van der Waals surface area contributed by atoms with Gasteiger partial charge < -0.3 is 5.11 Å². The molecule has 0 aliphatic carbocycles. The van der Waals surface area contributed by atoms with E-state index < -0.39 is 0 Å². The normalized spacial score (nSPS) is 14.1. The number of hydrogen-bond acceptors (Lipinski definition) is 2. The van der Waals surface area contributed by atoms with E-state index in [0.717, 1.165) is 18.4 Å². The van der Waals surface area contributed by atoms with Gasteiger partial charge in [0.1, 0.15) is 0 Å².